The lowest BCUT2D eigenvalue weighted by molar-refractivity contribution is 0.108. The number of rotatable bonds is 2. The minimum absolute atomic E-state index is 0.406. The second-order valence-electron chi connectivity index (χ2n) is 7.60. The Bertz CT molecular complexity index is 1030. The van der Waals surface area contributed by atoms with E-state index in [1.165, 1.54) is 48.7 Å². The molecule has 0 spiro atoms. The van der Waals surface area contributed by atoms with Crippen molar-refractivity contribution in [3.8, 4) is 17.0 Å². The van der Waals surface area contributed by atoms with Gasteiger partial charge >= 0.3 is 0 Å². The molecule has 0 amide bonds. The van der Waals surface area contributed by atoms with Gasteiger partial charge in [-0.3, -0.25) is 4.79 Å². The predicted octanol–water partition coefficient (Wildman–Crippen LogP) is 6.13. The van der Waals surface area contributed by atoms with Crippen LogP contribution in [0.3, 0.4) is 0 Å². The minimum Gasteiger partial charge on any atom is -0.491 e. The van der Waals surface area contributed by atoms with Gasteiger partial charge < -0.3 is 9.30 Å². The molecule has 1 saturated carbocycles. The summed E-state index contributed by atoms with van der Waals surface area (Å²) in [5.41, 5.74) is 5.50. The summed E-state index contributed by atoms with van der Waals surface area (Å²) in [5.74, 6) is 1.51. The molecule has 27 heavy (non-hydrogen) atoms. The van der Waals surface area contributed by atoms with E-state index in [0.29, 0.717) is 18.1 Å². The van der Waals surface area contributed by atoms with E-state index in [2.05, 4.69) is 28.8 Å². The number of nitrogens with zero attached hydrogens (tertiary/aromatic N) is 1. The topological polar surface area (TPSA) is 31.2 Å². The molecule has 0 unspecified atom stereocenters. The Hall–Kier alpha value is -2.26. The van der Waals surface area contributed by atoms with Crippen LogP contribution in [0.5, 0.6) is 5.75 Å². The number of ether oxygens (including phenoxy) is 1. The molecular weight excluding hydrogens is 358 g/mol. The van der Waals surface area contributed by atoms with Gasteiger partial charge in [0.15, 0.2) is 0 Å². The maximum absolute atomic E-state index is 11.8. The van der Waals surface area contributed by atoms with Crippen LogP contribution in [0.2, 0.25) is 0 Å². The average Bonchev–Trinajstić information content (AvgIpc) is 2.90. The molecule has 1 fully saturated rings. The smallest absolute Gasteiger partial charge is 0.252 e. The Morgan fingerprint density at radius 3 is 2.70 bits per heavy atom. The van der Waals surface area contributed by atoms with Crippen LogP contribution in [-0.4, -0.2) is 16.4 Å². The molecule has 4 heteroatoms. The first-order valence-electron chi connectivity index (χ1n) is 9.82. The van der Waals surface area contributed by atoms with Crippen LogP contribution in [0, 0.1) is 0 Å². The molecule has 2 aromatic carbocycles. The van der Waals surface area contributed by atoms with E-state index in [1.54, 1.807) is 0 Å². The van der Waals surface area contributed by atoms with Crippen molar-refractivity contribution in [1.29, 1.82) is 0 Å². The zero-order chi connectivity index (χ0) is 18.4. The number of halogens is 1. The largest absolute Gasteiger partial charge is 0.491 e. The fourth-order valence-electron chi connectivity index (χ4n) is 4.86. The lowest BCUT2D eigenvalue weighted by Crippen LogP contribution is -2.07. The summed E-state index contributed by atoms with van der Waals surface area (Å²) >= 11 is 5.78. The van der Waals surface area contributed by atoms with Crippen LogP contribution in [0.4, 0.5) is 0 Å². The lowest BCUT2D eigenvalue weighted by atomic mass is 9.81. The Labute approximate surface area is 163 Å². The van der Waals surface area contributed by atoms with Gasteiger partial charge in [0.1, 0.15) is 12.4 Å². The highest BCUT2D eigenvalue weighted by molar-refractivity contribution is 6.67. The number of fused-ring (bicyclic) bond motifs is 5. The summed E-state index contributed by atoms with van der Waals surface area (Å²) in [4.78, 5) is 11.8. The first-order chi connectivity index (χ1) is 13.2. The molecular formula is C23H22ClNO2. The number of hydrogen-bond acceptors (Lipinski definition) is 2. The van der Waals surface area contributed by atoms with E-state index in [1.807, 2.05) is 18.2 Å². The van der Waals surface area contributed by atoms with Crippen molar-refractivity contribution in [3.05, 3.63) is 53.6 Å². The third-order valence-electron chi connectivity index (χ3n) is 6.06. The second kappa shape index (κ2) is 6.72. The fraction of sp³-hybridized carbons (Fsp3) is 0.348. The van der Waals surface area contributed by atoms with Crippen molar-refractivity contribution in [1.82, 2.24) is 4.57 Å². The lowest BCUT2D eigenvalue weighted by Gasteiger charge is -2.23. The standard InChI is InChI=1S/C23H22ClNO2/c24-23(26)16-10-11-17-19(14-16)25-12-13-27-20-9-5-4-8-18(20)22(25)21(17)15-6-2-1-3-7-15/h4-5,8-11,14-15H,1-3,6-7,12-13H2. The van der Waals surface area contributed by atoms with E-state index < -0.39 is 5.24 Å². The van der Waals surface area contributed by atoms with Crippen LogP contribution in [0.25, 0.3) is 22.2 Å². The maximum atomic E-state index is 11.8. The van der Waals surface area contributed by atoms with Crippen LogP contribution >= 0.6 is 11.6 Å². The van der Waals surface area contributed by atoms with Crippen molar-refractivity contribution < 1.29 is 9.53 Å². The predicted molar refractivity (Wildman–Crippen MR) is 109 cm³/mol. The van der Waals surface area contributed by atoms with Gasteiger partial charge in [0, 0.05) is 22.0 Å². The molecule has 1 aliphatic heterocycles. The molecule has 3 nitrogen and oxygen atoms in total. The Morgan fingerprint density at radius 2 is 1.89 bits per heavy atom. The quantitative estimate of drug-likeness (QED) is 0.501. The fourth-order valence-corrected chi connectivity index (χ4v) is 4.98. The number of benzene rings is 2. The summed E-state index contributed by atoms with van der Waals surface area (Å²) in [6.07, 6.45) is 6.35. The Balaban J connectivity index is 1.84. The highest BCUT2D eigenvalue weighted by Gasteiger charge is 2.29. The van der Waals surface area contributed by atoms with Crippen LogP contribution in [0.15, 0.2) is 42.5 Å². The van der Waals surface area contributed by atoms with Crippen LogP contribution in [-0.2, 0) is 6.54 Å². The Morgan fingerprint density at radius 1 is 1.07 bits per heavy atom. The van der Waals surface area contributed by atoms with E-state index >= 15 is 0 Å². The number of carbonyl (C=O) groups is 1. The van der Waals surface area contributed by atoms with Crippen LogP contribution in [0.1, 0.15) is 53.9 Å². The molecule has 2 aliphatic rings. The molecule has 2 heterocycles. The molecule has 0 saturated heterocycles. The monoisotopic (exact) mass is 379 g/mol. The first kappa shape index (κ1) is 16.9. The summed E-state index contributed by atoms with van der Waals surface area (Å²) in [7, 11) is 0. The van der Waals surface area contributed by atoms with Crippen LogP contribution < -0.4 is 4.74 Å². The van der Waals surface area contributed by atoms with Gasteiger partial charge in [0.2, 0.25) is 0 Å². The van der Waals surface area contributed by atoms with Gasteiger partial charge in [-0.15, -0.1) is 0 Å². The zero-order valence-corrected chi connectivity index (χ0v) is 16.0. The van der Waals surface area contributed by atoms with E-state index in [9.17, 15) is 4.79 Å². The Kier molecular flexibility index (Phi) is 4.20. The van der Waals surface area contributed by atoms with Crippen molar-refractivity contribution >= 4 is 27.7 Å². The van der Waals surface area contributed by atoms with Gasteiger partial charge in [-0.25, -0.2) is 0 Å². The highest BCUT2D eigenvalue weighted by atomic mass is 35.5. The summed E-state index contributed by atoms with van der Waals surface area (Å²) in [5, 5.41) is 0.854. The first-order valence-corrected chi connectivity index (χ1v) is 10.2. The van der Waals surface area contributed by atoms with Gasteiger partial charge in [0.05, 0.1) is 12.2 Å². The number of para-hydroxylation sites is 1. The SMILES string of the molecule is O=C(Cl)c1ccc2c(C3CCCCC3)c3n(c2c1)CCOc1ccccc1-3. The van der Waals surface area contributed by atoms with Gasteiger partial charge in [-0.05, 0) is 60.2 Å². The molecule has 0 radical (unpaired) electrons. The average molecular weight is 380 g/mol. The summed E-state index contributed by atoms with van der Waals surface area (Å²) in [6, 6.07) is 14.2. The number of hydrogen-bond donors (Lipinski definition) is 0. The van der Waals surface area contributed by atoms with Crippen molar-refractivity contribution in [2.45, 2.75) is 44.6 Å². The third kappa shape index (κ3) is 2.76. The summed E-state index contributed by atoms with van der Waals surface area (Å²) < 4.78 is 8.39. The molecule has 0 atom stereocenters. The third-order valence-corrected chi connectivity index (χ3v) is 6.28. The van der Waals surface area contributed by atoms with E-state index in [0.717, 1.165) is 23.4 Å². The van der Waals surface area contributed by atoms with Crippen molar-refractivity contribution in [2.75, 3.05) is 6.61 Å². The minimum atomic E-state index is -0.406. The van der Waals surface area contributed by atoms with E-state index in [-0.39, 0.29) is 0 Å². The molecule has 3 aromatic rings. The second-order valence-corrected chi connectivity index (χ2v) is 7.94. The molecule has 1 aromatic heterocycles. The normalized spacial score (nSPS) is 17.1. The van der Waals surface area contributed by atoms with Gasteiger partial charge in [-0.1, -0.05) is 37.5 Å². The number of carbonyl (C=O) groups excluding carboxylic acids is 1. The summed E-state index contributed by atoms with van der Waals surface area (Å²) in [6.45, 7) is 1.39. The van der Waals surface area contributed by atoms with Gasteiger partial charge in [-0.2, -0.15) is 0 Å². The highest BCUT2D eigenvalue weighted by Crippen LogP contribution is 2.47. The zero-order valence-electron chi connectivity index (χ0n) is 15.2. The van der Waals surface area contributed by atoms with E-state index in [4.69, 9.17) is 16.3 Å². The van der Waals surface area contributed by atoms with Gasteiger partial charge in [0.25, 0.3) is 5.24 Å². The van der Waals surface area contributed by atoms with Crippen molar-refractivity contribution in [3.63, 3.8) is 0 Å². The molecule has 138 valence electrons. The maximum Gasteiger partial charge on any atom is 0.252 e. The molecule has 5 rings (SSSR count). The van der Waals surface area contributed by atoms with Crippen molar-refractivity contribution in [2.24, 2.45) is 0 Å². The molecule has 0 N–H and O–H groups in total. The number of aromatic nitrogens is 1. The molecule has 1 aliphatic carbocycles. The molecule has 0 bridgehead atoms.